The van der Waals surface area contributed by atoms with Gasteiger partial charge >= 0.3 is 11.9 Å². The van der Waals surface area contributed by atoms with E-state index >= 15 is 0 Å². The molecule has 0 radical (unpaired) electrons. The molecular formula is C12H21N3O6. The van der Waals surface area contributed by atoms with Crippen LogP contribution in [-0.4, -0.2) is 54.6 Å². The van der Waals surface area contributed by atoms with E-state index in [1.54, 1.807) is 0 Å². The van der Waals surface area contributed by atoms with Crippen molar-refractivity contribution < 1.29 is 29.0 Å². The molecule has 0 fully saturated rings. The second kappa shape index (κ2) is 9.70. The first-order chi connectivity index (χ1) is 9.77. The maximum Gasteiger partial charge on any atom is 0.328 e. The highest BCUT2D eigenvalue weighted by atomic mass is 16.5. The summed E-state index contributed by atoms with van der Waals surface area (Å²) in [4.78, 5) is 44.4. The number of carboxylic acid groups (broad SMARTS) is 1. The van der Waals surface area contributed by atoms with Crippen LogP contribution in [0.2, 0.25) is 0 Å². The van der Waals surface area contributed by atoms with Gasteiger partial charge in [-0.05, 0) is 12.8 Å². The molecule has 0 aromatic rings. The normalized spacial score (nSPS) is 12.9. The Morgan fingerprint density at radius 2 is 1.90 bits per heavy atom. The van der Waals surface area contributed by atoms with Crippen molar-refractivity contribution in [3.8, 4) is 0 Å². The number of nitrogens with one attached hydrogen (secondary N) is 2. The number of carbonyl (C=O) groups excluding carboxylic acids is 3. The molecule has 0 unspecified atom stereocenters. The molecule has 2 amide bonds. The number of aliphatic carboxylic acids is 1. The minimum atomic E-state index is -1.25. The van der Waals surface area contributed by atoms with E-state index in [2.05, 4.69) is 15.4 Å². The fourth-order valence-corrected chi connectivity index (χ4v) is 1.52. The molecule has 0 spiro atoms. The van der Waals surface area contributed by atoms with Gasteiger partial charge in [0, 0.05) is 13.5 Å². The molecule has 5 N–H and O–H groups in total. The molecule has 0 saturated carbocycles. The van der Waals surface area contributed by atoms with Gasteiger partial charge in [-0.2, -0.15) is 0 Å². The van der Waals surface area contributed by atoms with Crippen molar-refractivity contribution in [2.75, 3.05) is 13.7 Å². The quantitative estimate of drug-likeness (QED) is 0.295. The number of nitrogens with two attached hydrogens (primary N) is 1. The van der Waals surface area contributed by atoms with Crippen LogP contribution >= 0.6 is 0 Å². The highest BCUT2D eigenvalue weighted by Gasteiger charge is 2.25. The smallest absolute Gasteiger partial charge is 0.328 e. The zero-order valence-electron chi connectivity index (χ0n) is 12.0. The Morgan fingerprint density at radius 1 is 1.29 bits per heavy atom. The van der Waals surface area contributed by atoms with Crippen LogP contribution < -0.4 is 16.4 Å². The van der Waals surface area contributed by atoms with Crippen molar-refractivity contribution in [2.45, 2.75) is 38.3 Å². The summed E-state index contributed by atoms with van der Waals surface area (Å²) in [5.74, 6) is -2.81. The summed E-state index contributed by atoms with van der Waals surface area (Å²) in [5.41, 5.74) is 5.40. The van der Waals surface area contributed by atoms with Crippen LogP contribution in [0.25, 0.3) is 0 Å². The first-order valence-electron chi connectivity index (χ1n) is 6.38. The van der Waals surface area contributed by atoms with Crippen LogP contribution in [-0.2, 0) is 23.9 Å². The van der Waals surface area contributed by atoms with E-state index in [1.807, 2.05) is 0 Å². The van der Waals surface area contributed by atoms with Crippen molar-refractivity contribution in [1.29, 1.82) is 0 Å². The average Bonchev–Trinajstić information content (AvgIpc) is 2.39. The molecular weight excluding hydrogens is 282 g/mol. The van der Waals surface area contributed by atoms with Gasteiger partial charge in [-0.25, -0.2) is 4.79 Å². The molecule has 0 rings (SSSR count). The van der Waals surface area contributed by atoms with E-state index in [1.165, 1.54) is 14.0 Å². The number of amides is 2. The number of carboxylic acids is 1. The lowest BCUT2D eigenvalue weighted by Crippen LogP contribution is -2.49. The molecule has 120 valence electrons. The minimum Gasteiger partial charge on any atom is -0.481 e. The van der Waals surface area contributed by atoms with E-state index in [-0.39, 0.29) is 12.3 Å². The van der Waals surface area contributed by atoms with Gasteiger partial charge in [0.25, 0.3) is 0 Å². The summed E-state index contributed by atoms with van der Waals surface area (Å²) in [6.45, 7) is 1.71. The third kappa shape index (κ3) is 8.58. The zero-order valence-corrected chi connectivity index (χ0v) is 12.0. The van der Waals surface area contributed by atoms with Gasteiger partial charge in [0.15, 0.2) is 0 Å². The molecule has 0 saturated heterocycles. The van der Waals surface area contributed by atoms with Crippen LogP contribution in [0.4, 0.5) is 0 Å². The van der Waals surface area contributed by atoms with Crippen molar-refractivity contribution in [2.24, 2.45) is 5.73 Å². The van der Waals surface area contributed by atoms with E-state index < -0.39 is 36.4 Å². The number of hydrogen-bond donors (Lipinski definition) is 4. The fraction of sp³-hybridized carbons (Fsp3) is 0.667. The van der Waals surface area contributed by atoms with E-state index in [0.29, 0.717) is 13.0 Å². The molecule has 0 aliphatic rings. The van der Waals surface area contributed by atoms with Gasteiger partial charge in [0.05, 0.1) is 19.6 Å². The number of carbonyl (C=O) groups is 4. The summed E-state index contributed by atoms with van der Waals surface area (Å²) >= 11 is 0. The number of rotatable bonds is 9. The summed E-state index contributed by atoms with van der Waals surface area (Å²) < 4.78 is 4.55. The van der Waals surface area contributed by atoms with Crippen LogP contribution in [0, 0.1) is 0 Å². The minimum absolute atomic E-state index is 0.197. The lowest BCUT2D eigenvalue weighted by Gasteiger charge is -2.18. The maximum absolute atomic E-state index is 11.7. The van der Waals surface area contributed by atoms with Crippen LogP contribution in [0.15, 0.2) is 0 Å². The summed E-state index contributed by atoms with van der Waals surface area (Å²) in [7, 11) is 1.17. The SMILES string of the molecule is COC(=O)[C@@H](CCCNC(C)=O)NC(=O)[C@H](N)CC(=O)O. The molecule has 0 bridgehead atoms. The van der Waals surface area contributed by atoms with Gasteiger partial charge in [0.1, 0.15) is 6.04 Å². The van der Waals surface area contributed by atoms with E-state index in [0.717, 1.165) is 0 Å². The van der Waals surface area contributed by atoms with Gasteiger partial charge < -0.3 is 26.2 Å². The van der Waals surface area contributed by atoms with Gasteiger partial charge in [-0.3, -0.25) is 14.4 Å². The predicted molar refractivity (Wildman–Crippen MR) is 72.1 cm³/mol. The number of hydrogen-bond acceptors (Lipinski definition) is 6. The summed E-state index contributed by atoms with van der Waals surface area (Å²) in [5, 5.41) is 13.5. The molecule has 0 aromatic heterocycles. The topological polar surface area (TPSA) is 148 Å². The van der Waals surface area contributed by atoms with Crippen molar-refractivity contribution in [1.82, 2.24) is 10.6 Å². The third-order valence-electron chi connectivity index (χ3n) is 2.58. The lowest BCUT2D eigenvalue weighted by molar-refractivity contribution is -0.145. The Labute approximate surface area is 122 Å². The zero-order chi connectivity index (χ0) is 16.4. The first-order valence-corrected chi connectivity index (χ1v) is 6.38. The molecule has 2 atom stereocenters. The van der Waals surface area contributed by atoms with Crippen LogP contribution in [0.5, 0.6) is 0 Å². The summed E-state index contributed by atoms with van der Waals surface area (Å²) in [6, 6.07) is -2.18. The molecule has 9 nitrogen and oxygen atoms in total. The largest absolute Gasteiger partial charge is 0.481 e. The molecule has 21 heavy (non-hydrogen) atoms. The summed E-state index contributed by atoms with van der Waals surface area (Å²) in [6.07, 6.45) is 0.137. The Kier molecular flexibility index (Phi) is 8.70. The van der Waals surface area contributed by atoms with E-state index in [9.17, 15) is 19.2 Å². The monoisotopic (exact) mass is 303 g/mol. The van der Waals surface area contributed by atoms with Crippen LogP contribution in [0.3, 0.4) is 0 Å². The van der Waals surface area contributed by atoms with E-state index in [4.69, 9.17) is 10.8 Å². The highest BCUT2D eigenvalue weighted by Crippen LogP contribution is 2.01. The van der Waals surface area contributed by atoms with Gasteiger partial charge in [-0.1, -0.05) is 0 Å². The molecule has 9 heteroatoms. The van der Waals surface area contributed by atoms with Crippen molar-refractivity contribution >= 4 is 23.8 Å². The second-order valence-corrected chi connectivity index (χ2v) is 4.41. The molecule has 0 aliphatic heterocycles. The third-order valence-corrected chi connectivity index (χ3v) is 2.58. The fourth-order valence-electron chi connectivity index (χ4n) is 1.52. The Bertz CT molecular complexity index is 398. The number of methoxy groups -OCH3 is 1. The molecule has 0 aromatic carbocycles. The maximum atomic E-state index is 11.7. The first kappa shape index (κ1) is 18.8. The number of esters is 1. The predicted octanol–water partition coefficient (Wildman–Crippen LogP) is -1.64. The molecule has 0 aliphatic carbocycles. The van der Waals surface area contributed by atoms with Crippen molar-refractivity contribution in [3.05, 3.63) is 0 Å². The Balaban J connectivity index is 4.41. The van der Waals surface area contributed by atoms with Crippen molar-refractivity contribution in [3.63, 3.8) is 0 Å². The van der Waals surface area contributed by atoms with Crippen LogP contribution in [0.1, 0.15) is 26.2 Å². The standard InChI is InChI=1S/C12H21N3O6/c1-7(16)14-5-3-4-9(12(20)21-2)15-11(19)8(13)6-10(17)18/h8-9H,3-6,13H2,1-2H3,(H,14,16)(H,15,19)(H,17,18)/t8-,9-/m1/s1. The second-order valence-electron chi connectivity index (χ2n) is 4.41. The molecule has 0 heterocycles. The number of ether oxygens (including phenoxy) is 1. The Hall–Kier alpha value is -2.16. The average molecular weight is 303 g/mol. The van der Waals surface area contributed by atoms with Gasteiger partial charge in [0.2, 0.25) is 11.8 Å². The highest BCUT2D eigenvalue weighted by molar-refractivity contribution is 5.89. The lowest BCUT2D eigenvalue weighted by atomic mass is 10.1. The van der Waals surface area contributed by atoms with Gasteiger partial charge in [-0.15, -0.1) is 0 Å². The Morgan fingerprint density at radius 3 is 2.38 bits per heavy atom.